The predicted molar refractivity (Wildman–Crippen MR) is 74.2 cm³/mol. The molecule has 0 aromatic heterocycles. The highest BCUT2D eigenvalue weighted by atomic mass is 79.9. The van der Waals surface area contributed by atoms with E-state index >= 15 is 0 Å². The van der Waals surface area contributed by atoms with E-state index in [2.05, 4.69) is 20.7 Å². The Labute approximate surface area is 116 Å². The number of rotatable bonds is 7. The van der Waals surface area contributed by atoms with Crippen molar-refractivity contribution >= 4 is 26.0 Å². The van der Waals surface area contributed by atoms with Gasteiger partial charge in [0.15, 0.2) is 0 Å². The van der Waals surface area contributed by atoms with Crippen molar-refractivity contribution in [3.05, 3.63) is 22.7 Å². The Bertz CT molecular complexity index is 491. The smallest absolute Gasteiger partial charge is 0.241 e. The summed E-state index contributed by atoms with van der Waals surface area (Å²) in [5.74, 6) is 0.500. The lowest BCUT2D eigenvalue weighted by molar-refractivity contribution is 0.413. The summed E-state index contributed by atoms with van der Waals surface area (Å²) >= 11 is 3.22. The highest BCUT2D eigenvalue weighted by Crippen LogP contribution is 2.26. The predicted octanol–water partition coefficient (Wildman–Crippen LogP) is 1.47. The highest BCUT2D eigenvalue weighted by molar-refractivity contribution is 9.10. The molecule has 0 saturated carbocycles. The van der Waals surface area contributed by atoms with Crippen LogP contribution in [0, 0.1) is 0 Å². The second-order valence-electron chi connectivity index (χ2n) is 3.69. The largest absolute Gasteiger partial charge is 0.497 e. The molecule has 0 heterocycles. The van der Waals surface area contributed by atoms with Gasteiger partial charge in [-0.25, -0.2) is 13.1 Å². The number of hydrogen-bond donors (Lipinski definition) is 2. The maximum Gasteiger partial charge on any atom is 0.241 e. The van der Waals surface area contributed by atoms with Gasteiger partial charge in [0.2, 0.25) is 10.0 Å². The number of nitrogens with one attached hydrogen (secondary N) is 1. The van der Waals surface area contributed by atoms with Crippen LogP contribution in [0.4, 0.5) is 0 Å². The molecule has 18 heavy (non-hydrogen) atoms. The standard InChI is InChI=1S/C11H17BrN2O3S/c1-17-9-4-5-10(12)11(8-9)18(15,16)14-7-3-2-6-13/h4-5,8,14H,2-3,6-7,13H2,1H3. The van der Waals surface area contributed by atoms with Gasteiger partial charge in [0.25, 0.3) is 0 Å². The van der Waals surface area contributed by atoms with Crippen molar-refractivity contribution < 1.29 is 13.2 Å². The lowest BCUT2D eigenvalue weighted by atomic mass is 10.3. The van der Waals surface area contributed by atoms with Crippen LogP contribution in [0.1, 0.15) is 12.8 Å². The highest BCUT2D eigenvalue weighted by Gasteiger charge is 2.17. The van der Waals surface area contributed by atoms with Crippen LogP contribution in [0.5, 0.6) is 5.75 Å². The Morgan fingerprint density at radius 2 is 2.11 bits per heavy atom. The molecule has 0 fully saturated rings. The zero-order chi connectivity index (χ0) is 13.6. The van der Waals surface area contributed by atoms with E-state index in [-0.39, 0.29) is 4.90 Å². The normalized spacial score (nSPS) is 11.5. The molecular weight excluding hydrogens is 320 g/mol. The van der Waals surface area contributed by atoms with Gasteiger partial charge < -0.3 is 10.5 Å². The van der Waals surface area contributed by atoms with Crippen molar-refractivity contribution in [1.82, 2.24) is 4.72 Å². The topological polar surface area (TPSA) is 81.4 Å². The summed E-state index contributed by atoms with van der Waals surface area (Å²) in [4.78, 5) is 0.176. The monoisotopic (exact) mass is 336 g/mol. The molecule has 0 aliphatic carbocycles. The fraction of sp³-hybridized carbons (Fsp3) is 0.455. The van der Waals surface area contributed by atoms with E-state index in [4.69, 9.17) is 10.5 Å². The summed E-state index contributed by atoms with van der Waals surface area (Å²) in [5.41, 5.74) is 5.35. The molecule has 0 amide bonds. The average Bonchev–Trinajstić information content (AvgIpc) is 2.35. The average molecular weight is 337 g/mol. The van der Waals surface area contributed by atoms with Crippen molar-refractivity contribution in [2.45, 2.75) is 17.7 Å². The first kappa shape index (κ1) is 15.4. The molecule has 0 unspecified atom stereocenters. The molecule has 0 bridgehead atoms. The molecule has 0 radical (unpaired) electrons. The number of halogens is 1. The van der Waals surface area contributed by atoms with Crippen LogP contribution in [0.25, 0.3) is 0 Å². The van der Waals surface area contributed by atoms with Crippen molar-refractivity contribution in [3.63, 3.8) is 0 Å². The lowest BCUT2D eigenvalue weighted by Crippen LogP contribution is -2.25. The Morgan fingerprint density at radius 3 is 2.72 bits per heavy atom. The van der Waals surface area contributed by atoms with E-state index in [1.807, 2.05) is 0 Å². The van der Waals surface area contributed by atoms with Crippen LogP contribution in [0.2, 0.25) is 0 Å². The third-order valence-electron chi connectivity index (χ3n) is 2.35. The second kappa shape index (κ2) is 7.08. The molecular formula is C11H17BrN2O3S. The van der Waals surface area contributed by atoms with Gasteiger partial charge in [-0.1, -0.05) is 0 Å². The number of hydrogen-bond acceptors (Lipinski definition) is 4. The number of benzene rings is 1. The summed E-state index contributed by atoms with van der Waals surface area (Å²) < 4.78 is 32.2. The molecule has 1 rings (SSSR count). The summed E-state index contributed by atoms with van der Waals surface area (Å²) in [6, 6.07) is 4.82. The third kappa shape index (κ3) is 4.24. The van der Waals surface area contributed by atoms with Gasteiger partial charge in [0.05, 0.1) is 12.0 Å². The fourth-order valence-corrected chi connectivity index (χ4v) is 3.42. The number of nitrogens with two attached hydrogens (primary N) is 1. The van der Waals surface area contributed by atoms with Gasteiger partial charge >= 0.3 is 0 Å². The SMILES string of the molecule is COc1ccc(Br)c(S(=O)(=O)NCCCCN)c1. The Balaban J connectivity index is 2.83. The van der Waals surface area contributed by atoms with E-state index in [9.17, 15) is 8.42 Å². The number of ether oxygens (including phenoxy) is 1. The minimum atomic E-state index is -3.52. The van der Waals surface area contributed by atoms with Crippen LogP contribution in [-0.2, 0) is 10.0 Å². The molecule has 0 saturated heterocycles. The molecule has 3 N–H and O–H groups in total. The van der Waals surface area contributed by atoms with E-state index in [1.54, 1.807) is 12.1 Å². The van der Waals surface area contributed by atoms with Gasteiger partial charge in [0, 0.05) is 17.1 Å². The second-order valence-corrected chi connectivity index (χ2v) is 6.28. The quantitative estimate of drug-likeness (QED) is 0.739. The molecule has 1 aromatic rings. The molecule has 5 nitrogen and oxygen atoms in total. The van der Waals surface area contributed by atoms with Gasteiger partial charge in [-0.3, -0.25) is 0 Å². The van der Waals surface area contributed by atoms with Gasteiger partial charge in [0.1, 0.15) is 5.75 Å². The first-order valence-electron chi connectivity index (χ1n) is 5.54. The van der Waals surface area contributed by atoms with Crippen LogP contribution >= 0.6 is 15.9 Å². The molecule has 0 spiro atoms. The minimum absolute atomic E-state index is 0.176. The summed E-state index contributed by atoms with van der Waals surface area (Å²) in [6.45, 7) is 0.938. The molecule has 102 valence electrons. The number of methoxy groups -OCH3 is 1. The van der Waals surface area contributed by atoms with Crippen LogP contribution in [0.15, 0.2) is 27.6 Å². The van der Waals surface area contributed by atoms with E-state index in [0.717, 1.165) is 12.8 Å². The minimum Gasteiger partial charge on any atom is -0.497 e. The van der Waals surface area contributed by atoms with Crippen LogP contribution in [-0.4, -0.2) is 28.6 Å². The van der Waals surface area contributed by atoms with E-state index in [0.29, 0.717) is 23.3 Å². The Morgan fingerprint density at radius 1 is 1.39 bits per heavy atom. The van der Waals surface area contributed by atoms with Crippen LogP contribution < -0.4 is 15.2 Å². The van der Waals surface area contributed by atoms with Gasteiger partial charge in [-0.15, -0.1) is 0 Å². The van der Waals surface area contributed by atoms with Gasteiger partial charge in [-0.2, -0.15) is 0 Å². The number of sulfonamides is 1. The first-order valence-corrected chi connectivity index (χ1v) is 7.82. The van der Waals surface area contributed by atoms with Crippen molar-refractivity contribution in [1.29, 1.82) is 0 Å². The molecule has 7 heteroatoms. The third-order valence-corrected chi connectivity index (χ3v) is 4.81. The van der Waals surface area contributed by atoms with Crippen LogP contribution in [0.3, 0.4) is 0 Å². The lowest BCUT2D eigenvalue weighted by Gasteiger charge is -2.09. The molecule has 0 aliphatic rings. The first-order chi connectivity index (χ1) is 8.51. The zero-order valence-electron chi connectivity index (χ0n) is 10.1. The molecule has 0 aliphatic heterocycles. The van der Waals surface area contributed by atoms with Crippen molar-refractivity contribution in [2.75, 3.05) is 20.2 Å². The molecule has 1 aromatic carbocycles. The Hall–Kier alpha value is -0.630. The van der Waals surface area contributed by atoms with Gasteiger partial charge in [-0.05, 0) is 47.4 Å². The van der Waals surface area contributed by atoms with Crippen molar-refractivity contribution in [2.24, 2.45) is 5.73 Å². The zero-order valence-corrected chi connectivity index (χ0v) is 12.6. The maximum atomic E-state index is 12.1. The number of unbranched alkanes of at least 4 members (excludes halogenated alkanes) is 1. The van der Waals surface area contributed by atoms with Crippen molar-refractivity contribution in [3.8, 4) is 5.75 Å². The molecule has 0 atom stereocenters. The Kier molecular flexibility index (Phi) is 6.07. The summed E-state index contributed by atoms with van der Waals surface area (Å²) in [5, 5.41) is 0. The van der Waals surface area contributed by atoms with E-state index in [1.165, 1.54) is 13.2 Å². The fourth-order valence-electron chi connectivity index (χ4n) is 1.37. The van der Waals surface area contributed by atoms with E-state index < -0.39 is 10.0 Å². The summed E-state index contributed by atoms with van der Waals surface area (Å²) in [6.07, 6.45) is 1.51. The maximum absolute atomic E-state index is 12.1. The summed E-state index contributed by atoms with van der Waals surface area (Å²) in [7, 11) is -2.03.